The van der Waals surface area contributed by atoms with Gasteiger partial charge in [0.05, 0.1) is 0 Å². The van der Waals surface area contributed by atoms with E-state index in [-0.39, 0.29) is 0 Å². The molecule has 0 heterocycles. The first-order valence-corrected chi connectivity index (χ1v) is 12.9. The third kappa shape index (κ3) is 6.50. The number of hydrogen-bond acceptors (Lipinski definition) is 3. The van der Waals surface area contributed by atoms with Crippen LogP contribution in [0.5, 0.6) is 11.5 Å². The number of nitrogens with two attached hydrogens (primary N) is 1. The van der Waals surface area contributed by atoms with Gasteiger partial charge in [-0.15, -0.1) is 0 Å². The van der Waals surface area contributed by atoms with Gasteiger partial charge in [0.25, 0.3) is 0 Å². The zero-order valence-corrected chi connectivity index (χ0v) is 20.4. The molecular weight excluding hydrogens is 416 g/mol. The van der Waals surface area contributed by atoms with Gasteiger partial charge in [0, 0.05) is 23.7 Å². The van der Waals surface area contributed by atoms with E-state index in [2.05, 4.69) is 37.4 Å². The van der Waals surface area contributed by atoms with Crippen LogP contribution in [0, 0.1) is 23.7 Å². The Balaban J connectivity index is 1.24. The van der Waals surface area contributed by atoms with Crippen molar-refractivity contribution < 1.29 is 4.74 Å². The van der Waals surface area contributed by atoms with E-state index in [1.165, 1.54) is 50.5 Å². The fourth-order valence-corrected chi connectivity index (χ4v) is 5.97. The fraction of sp³-hybridized carbons (Fsp3) is 0.571. The molecule has 4 rings (SSSR count). The number of rotatable bonds is 7. The number of hydrogen-bond donors (Lipinski definition) is 2. The molecular formula is C28H39ClN2O. The van der Waals surface area contributed by atoms with Crippen molar-refractivity contribution >= 4 is 11.6 Å². The lowest BCUT2D eigenvalue weighted by Gasteiger charge is -2.38. The summed E-state index contributed by atoms with van der Waals surface area (Å²) >= 11 is 5.97. The Kier molecular flexibility index (Phi) is 8.15. The number of halogens is 1. The quantitative estimate of drug-likeness (QED) is 0.465. The monoisotopic (exact) mass is 454 g/mol. The van der Waals surface area contributed by atoms with Gasteiger partial charge >= 0.3 is 0 Å². The highest BCUT2D eigenvalue weighted by molar-refractivity contribution is 6.30. The maximum absolute atomic E-state index is 6.23. The third-order valence-corrected chi connectivity index (χ3v) is 8.06. The summed E-state index contributed by atoms with van der Waals surface area (Å²) in [6.07, 6.45) is 9.31. The Morgan fingerprint density at radius 2 is 1.62 bits per heavy atom. The topological polar surface area (TPSA) is 47.3 Å². The summed E-state index contributed by atoms with van der Waals surface area (Å²) in [4.78, 5) is 0. The predicted molar refractivity (Wildman–Crippen MR) is 134 cm³/mol. The summed E-state index contributed by atoms with van der Waals surface area (Å²) in [6.45, 7) is 5.66. The lowest BCUT2D eigenvalue weighted by atomic mass is 9.71. The summed E-state index contributed by atoms with van der Waals surface area (Å²) in [5.74, 6) is 4.89. The molecule has 0 spiro atoms. The van der Waals surface area contributed by atoms with Crippen LogP contribution in [-0.2, 0) is 6.54 Å². The third-order valence-electron chi connectivity index (χ3n) is 7.81. The average Bonchev–Trinajstić information content (AvgIpc) is 2.78. The molecule has 0 aliphatic heterocycles. The highest BCUT2D eigenvalue weighted by Crippen LogP contribution is 2.38. The standard InChI is InChI=1S/C28H39ClN2O/c1-19-14-21(6-12-27(19)30)16-22-7-13-28(20(2)15-22)31-18-23-4-3-5-26(17-23)32-25-10-8-24(29)9-11-25/h3-5,8-11,17,19-22,27-28,31H,6-7,12-16,18,30H2,1-2H3. The molecule has 2 saturated carbocycles. The summed E-state index contributed by atoms with van der Waals surface area (Å²) in [5.41, 5.74) is 7.49. The van der Waals surface area contributed by atoms with Crippen LogP contribution in [0.2, 0.25) is 5.02 Å². The second-order valence-corrected chi connectivity index (χ2v) is 10.8. The van der Waals surface area contributed by atoms with E-state index < -0.39 is 0 Å². The van der Waals surface area contributed by atoms with Crippen LogP contribution >= 0.6 is 11.6 Å². The number of ether oxygens (including phenoxy) is 1. The summed E-state index contributed by atoms with van der Waals surface area (Å²) < 4.78 is 5.99. The number of nitrogens with one attached hydrogen (secondary N) is 1. The Morgan fingerprint density at radius 1 is 0.906 bits per heavy atom. The summed E-state index contributed by atoms with van der Waals surface area (Å²) in [6, 6.07) is 16.9. The van der Waals surface area contributed by atoms with Gasteiger partial charge in [-0.05, 0) is 111 Å². The van der Waals surface area contributed by atoms with Gasteiger partial charge in [-0.3, -0.25) is 0 Å². The molecule has 2 aromatic rings. The molecule has 2 fully saturated rings. The van der Waals surface area contributed by atoms with E-state index in [0.717, 1.165) is 40.8 Å². The Labute approximate surface area is 199 Å². The van der Waals surface area contributed by atoms with Gasteiger partial charge in [0.1, 0.15) is 11.5 Å². The van der Waals surface area contributed by atoms with E-state index in [9.17, 15) is 0 Å². The molecule has 2 aliphatic carbocycles. The van der Waals surface area contributed by atoms with Crippen molar-refractivity contribution in [2.45, 2.75) is 77.4 Å². The fourth-order valence-electron chi connectivity index (χ4n) is 5.85. The molecule has 2 aromatic carbocycles. The van der Waals surface area contributed by atoms with Crippen LogP contribution in [-0.4, -0.2) is 12.1 Å². The van der Waals surface area contributed by atoms with Crippen LogP contribution in [0.15, 0.2) is 48.5 Å². The normalized spacial score (nSPS) is 30.8. The molecule has 0 radical (unpaired) electrons. The van der Waals surface area contributed by atoms with Gasteiger partial charge in [-0.2, -0.15) is 0 Å². The SMILES string of the molecule is CC1CC(CC2CCC(NCc3cccc(Oc4ccc(Cl)cc4)c3)C(C)C2)CCC1N. The van der Waals surface area contributed by atoms with Crippen LogP contribution in [0.1, 0.15) is 64.4 Å². The molecule has 0 saturated heterocycles. The molecule has 6 unspecified atom stereocenters. The van der Waals surface area contributed by atoms with E-state index in [0.29, 0.717) is 18.0 Å². The Morgan fingerprint density at radius 3 is 2.34 bits per heavy atom. The predicted octanol–water partition coefficient (Wildman–Crippen LogP) is 7.18. The number of benzene rings is 2. The van der Waals surface area contributed by atoms with Crippen LogP contribution in [0.3, 0.4) is 0 Å². The zero-order valence-electron chi connectivity index (χ0n) is 19.6. The van der Waals surface area contributed by atoms with Crippen molar-refractivity contribution in [1.29, 1.82) is 0 Å². The second kappa shape index (κ2) is 11.0. The second-order valence-electron chi connectivity index (χ2n) is 10.4. The highest BCUT2D eigenvalue weighted by atomic mass is 35.5. The minimum atomic E-state index is 0.431. The van der Waals surface area contributed by atoms with E-state index in [1.807, 2.05) is 30.3 Å². The summed E-state index contributed by atoms with van der Waals surface area (Å²) in [5, 5.41) is 4.55. The highest BCUT2D eigenvalue weighted by Gasteiger charge is 2.31. The molecule has 2 aliphatic rings. The smallest absolute Gasteiger partial charge is 0.127 e. The molecule has 3 N–H and O–H groups in total. The average molecular weight is 455 g/mol. The van der Waals surface area contributed by atoms with E-state index in [4.69, 9.17) is 22.1 Å². The van der Waals surface area contributed by atoms with Crippen molar-refractivity contribution in [1.82, 2.24) is 5.32 Å². The lowest BCUT2D eigenvalue weighted by molar-refractivity contribution is 0.157. The molecule has 174 valence electrons. The molecule has 6 atom stereocenters. The van der Waals surface area contributed by atoms with E-state index >= 15 is 0 Å². The molecule has 0 bridgehead atoms. The van der Waals surface area contributed by atoms with Crippen molar-refractivity contribution in [3.63, 3.8) is 0 Å². The van der Waals surface area contributed by atoms with Crippen LogP contribution < -0.4 is 15.8 Å². The van der Waals surface area contributed by atoms with Crippen molar-refractivity contribution in [2.75, 3.05) is 0 Å². The van der Waals surface area contributed by atoms with Gasteiger partial charge in [-0.1, -0.05) is 37.6 Å². The van der Waals surface area contributed by atoms with Gasteiger partial charge in [0.15, 0.2) is 0 Å². The van der Waals surface area contributed by atoms with Gasteiger partial charge in [-0.25, -0.2) is 0 Å². The Hall–Kier alpha value is -1.55. The largest absolute Gasteiger partial charge is 0.457 e. The molecule has 3 nitrogen and oxygen atoms in total. The van der Waals surface area contributed by atoms with E-state index in [1.54, 1.807) is 0 Å². The molecule has 0 amide bonds. The van der Waals surface area contributed by atoms with Gasteiger partial charge < -0.3 is 15.8 Å². The summed E-state index contributed by atoms with van der Waals surface area (Å²) in [7, 11) is 0. The van der Waals surface area contributed by atoms with Crippen LogP contribution in [0.4, 0.5) is 0 Å². The zero-order chi connectivity index (χ0) is 22.5. The first-order chi connectivity index (χ1) is 15.5. The minimum absolute atomic E-state index is 0.431. The molecule has 32 heavy (non-hydrogen) atoms. The minimum Gasteiger partial charge on any atom is -0.457 e. The lowest BCUT2D eigenvalue weighted by Crippen LogP contribution is -2.40. The van der Waals surface area contributed by atoms with Crippen molar-refractivity contribution in [3.05, 3.63) is 59.1 Å². The Bertz CT molecular complexity index is 855. The first-order valence-electron chi connectivity index (χ1n) is 12.5. The molecule has 0 aromatic heterocycles. The van der Waals surface area contributed by atoms with Gasteiger partial charge in [0.2, 0.25) is 0 Å². The molecule has 4 heteroatoms. The maximum atomic E-state index is 6.23. The van der Waals surface area contributed by atoms with Crippen molar-refractivity contribution in [2.24, 2.45) is 29.4 Å². The first kappa shape index (κ1) is 23.6. The van der Waals surface area contributed by atoms with Crippen molar-refractivity contribution in [3.8, 4) is 11.5 Å². The van der Waals surface area contributed by atoms with Crippen LogP contribution in [0.25, 0.3) is 0 Å². The maximum Gasteiger partial charge on any atom is 0.127 e.